The molecule has 0 saturated carbocycles. The number of carbonyl (C=O) groups is 1. The van der Waals surface area contributed by atoms with Crippen molar-refractivity contribution in [3.05, 3.63) is 59.1 Å². The highest BCUT2D eigenvalue weighted by Crippen LogP contribution is 2.29. The molecule has 5 nitrogen and oxygen atoms in total. The summed E-state index contributed by atoms with van der Waals surface area (Å²) in [7, 11) is 1.76. The standard InChI is InChI=1S/C20H19N3O2S/c1-13(19-22-17-6-4-5-7-18(17)26-19)23(3)20(24)14(2)25-16-10-8-15(12-21)9-11-16/h4-11,13-14H,1-3H3/t13-,14+/m0/s1. The smallest absolute Gasteiger partial charge is 0.263 e. The van der Waals surface area contributed by atoms with E-state index >= 15 is 0 Å². The van der Waals surface area contributed by atoms with Crippen molar-refractivity contribution in [1.82, 2.24) is 9.88 Å². The number of nitrogens with zero attached hydrogens (tertiary/aromatic N) is 3. The molecule has 0 unspecified atom stereocenters. The lowest BCUT2D eigenvalue weighted by molar-refractivity contribution is -0.138. The van der Waals surface area contributed by atoms with Crippen molar-refractivity contribution >= 4 is 27.5 Å². The largest absolute Gasteiger partial charge is 0.481 e. The SMILES string of the molecule is C[C@@H](Oc1ccc(C#N)cc1)C(=O)N(C)[C@@H](C)c1nc2ccccc2s1. The van der Waals surface area contributed by atoms with E-state index < -0.39 is 6.10 Å². The van der Waals surface area contributed by atoms with Gasteiger partial charge in [0.05, 0.1) is 27.9 Å². The van der Waals surface area contributed by atoms with Gasteiger partial charge in [-0.2, -0.15) is 5.26 Å². The number of benzene rings is 2. The summed E-state index contributed by atoms with van der Waals surface area (Å²) in [5.41, 5.74) is 1.50. The van der Waals surface area contributed by atoms with Crippen LogP contribution in [0, 0.1) is 11.3 Å². The second-order valence-corrected chi connectivity index (χ2v) is 7.10. The molecule has 0 aliphatic rings. The summed E-state index contributed by atoms with van der Waals surface area (Å²) in [5, 5.41) is 9.73. The number of ether oxygens (including phenoxy) is 1. The molecule has 3 rings (SSSR count). The van der Waals surface area contributed by atoms with E-state index in [0.29, 0.717) is 11.3 Å². The molecule has 0 aliphatic heterocycles. The number of carbonyl (C=O) groups excluding carboxylic acids is 1. The third kappa shape index (κ3) is 3.68. The predicted octanol–water partition coefficient (Wildman–Crippen LogP) is 4.15. The molecule has 0 radical (unpaired) electrons. The third-order valence-corrected chi connectivity index (χ3v) is 5.45. The number of hydrogen-bond donors (Lipinski definition) is 0. The molecule has 1 heterocycles. The number of fused-ring (bicyclic) bond motifs is 1. The maximum absolute atomic E-state index is 12.7. The Balaban J connectivity index is 1.69. The van der Waals surface area contributed by atoms with Gasteiger partial charge in [0.1, 0.15) is 10.8 Å². The first-order chi connectivity index (χ1) is 12.5. The zero-order valence-electron chi connectivity index (χ0n) is 14.8. The van der Waals surface area contributed by atoms with Crippen molar-refractivity contribution in [2.24, 2.45) is 0 Å². The van der Waals surface area contributed by atoms with E-state index in [1.165, 1.54) is 0 Å². The number of thiazole rings is 1. The van der Waals surface area contributed by atoms with Crippen molar-refractivity contribution in [3.63, 3.8) is 0 Å². The highest BCUT2D eigenvalue weighted by Gasteiger charge is 2.25. The minimum absolute atomic E-state index is 0.124. The Morgan fingerprint density at radius 1 is 1.19 bits per heavy atom. The van der Waals surface area contributed by atoms with Crippen LogP contribution in [-0.2, 0) is 4.79 Å². The van der Waals surface area contributed by atoms with Crippen LogP contribution in [0.1, 0.15) is 30.5 Å². The normalized spacial score (nSPS) is 13.0. The van der Waals surface area contributed by atoms with Gasteiger partial charge in [-0.15, -0.1) is 11.3 Å². The van der Waals surface area contributed by atoms with E-state index in [-0.39, 0.29) is 11.9 Å². The molecule has 6 heteroatoms. The summed E-state index contributed by atoms with van der Waals surface area (Å²) < 4.78 is 6.83. The third-order valence-electron chi connectivity index (χ3n) is 4.24. The highest BCUT2D eigenvalue weighted by molar-refractivity contribution is 7.18. The number of nitriles is 1. The minimum atomic E-state index is -0.634. The van der Waals surface area contributed by atoms with Gasteiger partial charge >= 0.3 is 0 Å². The van der Waals surface area contributed by atoms with E-state index in [1.54, 1.807) is 54.5 Å². The van der Waals surface area contributed by atoms with Gasteiger partial charge < -0.3 is 9.64 Å². The number of rotatable bonds is 5. The van der Waals surface area contributed by atoms with Gasteiger partial charge in [-0.05, 0) is 50.2 Å². The van der Waals surface area contributed by atoms with Crippen LogP contribution in [0.25, 0.3) is 10.2 Å². The molecular weight excluding hydrogens is 346 g/mol. The molecule has 2 aromatic carbocycles. The molecule has 1 aromatic heterocycles. The maximum Gasteiger partial charge on any atom is 0.263 e. The quantitative estimate of drug-likeness (QED) is 0.681. The summed E-state index contributed by atoms with van der Waals surface area (Å²) in [6.45, 7) is 3.69. The monoisotopic (exact) mass is 365 g/mol. The van der Waals surface area contributed by atoms with Gasteiger partial charge in [-0.25, -0.2) is 4.98 Å². The van der Waals surface area contributed by atoms with Crippen molar-refractivity contribution in [2.45, 2.75) is 26.0 Å². The average molecular weight is 365 g/mol. The second kappa shape index (κ2) is 7.54. The topological polar surface area (TPSA) is 66.2 Å². The molecule has 0 saturated heterocycles. The molecule has 2 atom stereocenters. The molecule has 0 aliphatic carbocycles. The summed E-state index contributed by atoms with van der Waals surface area (Å²) in [5.74, 6) is 0.437. The van der Waals surface area contributed by atoms with Crippen LogP contribution < -0.4 is 4.74 Å². The van der Waals surface area contributed by atoms with Gasteiger partial charge in [0, 0.05) is 7.05 Å². The Bertz CT molecular complexity index is 926. The Kier molecular flexibility index (Phi) is 5.19. The molecule has 1 amide bonds. The van der Waals surface area contributed by atoms with Crippen LogP contribution >= 0.6 is 11.3 Å². The maximum atomic E-state index is 12.7. The van der Waals surface area contributed by atoms with Gasteiger partial charge in [0.25, 0.3) is 5.91 Å². The van der Waals surface area contributed by atoms with Crippen LogP contribution in [0.5, 0.6) is 5.75 Å². The van der Waals surface area contributed by atoms with E-state index in [9.17, 15) is 4.79 Å². The molecule has 26 heavy (non-hydrogen) atoms. The summed E-state index contributed by atoms with van der Waals surface area (Å²) in [4.78, 5) is 19.0. The lowest BCUT2D eigenvalue weighted by Gasteiger charge is -2.26. The molecular formula is C20H19N3O2S. The number of likely N-dealkylation sites (N-methyl/N-ethyl adjacent to an activating group) is 1. The molecule has 0 fully saturated rings. The van der Waals surface area contributed by atoms with Crippen molar-refractivity contribution in [3.8, 4) is 11.8 Å². The van der Waals surface area contributed by atoms with Crippen LogP contribution in [0.15, 0.2) is 48.5 Å². The zero-order valence-corrected chi connectivity index (χ0v) is 15.7. The Labute approximate surface area is 156 Å². The van der Waals surface area contributed by atoms with Crippen LogP contribution in [0.4, 0.5) is 0 Å². The highest BCUT2D eigenvalue weighted by atomic mass is 32.1. The van der Waals surface area contributed by atoms with Crippen molar-refractivity contribution in [2.75, 3.05) is 7.05 Å². The summed E-state index contributed by atoms with van der Waals surface area (Å²) >= 11 is 1.59. The second-order valence-electron chi connectivity index (χ2n) is 6.04. The zero-order chi connectivity index (χ0) is 18.7. The molecule has 0 bridgehead atoms. The number of para-hydroxylation sites is 1. The Morgan fingerprint density at radius 2 is 1.88 bits per heavy atom. The lowest BCUT2D eigenvalue weighted by atomic mass is 10.2. The molecule has 132 valence electrons. The molecule has 0 spiro atoms. The van der Waals surface area contributed by atoms with Gasteiger partial charge in [0.15, 0.2) is 6.10 Å². The molecule has 0 N–H and O–H groups in total. The Morgan fingerprint density at radius 3 is 2.54 bits per heavy atom. The van der Waals surface area contributed by atoms with E-state index in [4.69, 9.17) is 10.00 Å². The number of hydrogen-bond acceptors (Lipinski definition) is 5. The van der Waals surface area contributed by atoms with Crippen molar-refractivity contribution < 1.29 is 9.53 Å². The van der Waals surface area contributed by atoms with Crippen LogP contribution in [-0.4, -0.2) is 28.9 Å². The first kappa shape index (κ1) is 17.9. The number of amides is 1. The van der Waals surface area contributed by atoms with Gasteiger partial charge in [0.2, 0.25) is 0 Å². The van der Waals surface area contributed by atoms with E-state index in [2.05, 4.69) is 11.1 Å². The minimum Gasteiger partial charge on any atom is -0.481 e. The average Bonchev–Trinajstić information content (AvgIpc) is 3.11. The van der Waals surface area contributed by atoms with E-state index in [1.807, 2.05) is 31.2 Å². The van der Waals surface area contributed by atoms with Crippen molar-refractivity contribution in [1.29, 1.82) is 5.26 Å². The lowest BCUT2D eigenvalue weighted by Crippen LogP contribution is -2.39. The summed E-state index contributed by atoms with van der Waals surface area (Å²) in [6, 6.07) is 16.6. The first-order valence-electron chi connectivity index (χ1n) is 8.28. The number of aromatic nitrogens is 1. The predicted molar refractivity (Wildman–Crippen MR) is 102 cm³/mol. The fraction of sp³-hybridized carbons (Fsp3) is 0.250. The molecule has 3 aromatic rings. The van der Waals surface area contributed by atoms with Gasteiger partial charge in [-0.3, -0.25) is 4.79 Å². The first-order valence-corrected chi connectivity index (χ1v) is 9.10. The summed E-state index contributed by atoms with van der Waals surface area (Å²) in [6.07, 6.45) is -0.634. The fourth-order valence-electron chi connectivity index (χ4n) is 2.57. The fourth-order valence-corrected chi connectivity index (χ4v) is 3.64. The van der Waals surface area contributed by atoms with Crippen LogP contribution in [0.2, 0.25) is 0 Å². The Hall–Kier alpha value is -2.91. The van der Waals surface area contributed by atoms with Crippen LogP contribution in [0.3, 0.4) is 0 Å². The van der Waals surface area contributed by atoms with Gasteiger partial charge in [-0.1, -0.05) is 12.1 Å². The van der Waals surface area contributed by atoms with E-state index in [0.717, 1.165) is 15.2 Å².